The van der Waals surface area contributed by atoms with Crippen molar-refractivity contribution in [3.05, 3.63) is 11.1 Å². The van der Waals surface area contributed by atoms with Gasteiger partial charge in [0.2, 0.25) is 0 Å². The maximum atomic E-state index is 5.85. The van der Waals surface area contributed by atoms with Crippen molar-refractivity contribution in [2.75, 3.05) is 19.6 Å². The van der Waals surface area contributed by atoms with E-state index in [0.717, 1.165) is 13.1 Å². The fourth-order valence-corrected chi connectivity index (χ4v) is 3.65. The van der Waals surface area contributed by atoms with Gasteiger partial charge in [0.15, 0.2) is 0 Å². The summed E-state index contributed by atoms with van der Waals surface area (Å²) >= 11 is 5.85. The fraction of sp³-hybridized carbons (Fsp3) is 0.867. The Kier molecular flexibility index (Phi) is 4.74. The summed E-state index contributed by atoms with van der Waals surface area (Å²) in [5, 5.41) is 3.85. The molecule has 2 nitrogen and oxygen atoms in total. The monoisotopic (exact) mass is 270 g/mol. The summed E-state index contributed by atoms with van der Waals surface area (Å²) in [5.74, 6) is 0.694. The highest BCUT2D eigenvalue weighted by molar-refractivity contribution is 6.25. The van der Waals surface area contributed by atoms with E-state index >= 15 is 0 Å². The number of nitrogens with one attached hydrogen (secondary N) is 1. The van der Waals surface area contributed by atoms with Crippen LogP contribution in [-0.2, 0) is 0 Å². The molecule has 18 heavy (non-hydrogen) atoms. The molecule has 1 aliphatic heterocycles. The molecule has 1 heterocycles. The molecule has 0 aromatic heterocycles. The van der Waals surface area contributed by atoms with E-state index in [9.17, 15) is 0 Å². The highest BCUT2D eigenvalue weighted by Gasteiger charge is 2.41. The third-order valence-corrected chi connectivity index (χ3v) is 5.00. The van der Waals surface area contributed by atoms with Crippen LogP contribution in [-0.4, -0.2) is 36.1 Å². The Labute approximate surface area is 117 Å². The third-order valence-electron chi connectivity index (χ3n) is 4.63. The van der Waals surface area contributed by atoms with Crippen LogP contribution in [0.4, 0.5) is 0 Å². The van der Waals surface area contributed by atoms with Crippen molar-refractivity contribution in [1.29, 1.82) is 0 Å². The molecule has 1 saturated carbocycles. The van der Waals surface area contributed by atoms with Crippen LogP contribution in [0.2, 0.25) is 0 Å². The largest absolute Gasteiger partial charge is 0.308 e. The highest BCUT2D eigenvalue weighted by atomic mass is 35.5. The van der Waals surface area contributed by atoms with E-state index in [1.54, 1.807) is 5.54 Å². The Morgan fingerprint density at radius 3 is 2.67 bits per heavy atom. The van der Waals surface area contributed by atoms with E-state index in [1.165, 1.54) is 37.8 Å². The Hall–Kier alpha value is -0.0500. The zero-order chi connectivity index (χ0) is 13.2. The summed E-state index contributed by atoms with van der Waals surface area (Å²) in [6.07, 6.45) is 5.46. The second-order valence-electron chi connectivity index (χ2n) is 6.54. The lowest BCUT2D eigenvalue weighted by Crippen LogP contribution is -2.64. The molecule has 1 saturated heterocycles. The standard InChI is InChI=1S/C15H27ClN2/c1-12(2)14-9-17-15(6-4-5-7-15)11-18(14)10-13(3)8-16/h8,12,14,17H,4-7,9-11H2,1-3H3. The smallest absolute Gasteiger partial charge is 0.0309 e. The van der Waals surface area contributed by atoms with Gasteiger partial charge >= 0.3 is 0 Å². The number of halogens is 1. The predicted octanol–water partition coefficient (Wildman–Crippen LogP) is 3.37. The van der Waals surface area contributed by atoms with Crippen LogP contribution in [0.1, 0.15) is 46.5 Å². The van der Waals surface area contributed by atoms with Crippen molar-refractivity contribution in [3.8, 4) is 0 Å². The molecule has 2 aliphatic rings. The van der Waals surface area contributed by atoms with E-state index in [2.05, 4.69) is 31.0 Å². The second-order valence-corrected chi connectivity index (χ2v) is 6.76. The molecule has 1 N–H and O–H groups in total. The summed E-state index contributed by atoms with van der Waals surface area (Å²) in [5.41, 5.74) is 3.41. The molecule has 1 unspecified atom stereocenters. The number of nitrogens with zero attached hydrogens (tertiary/aromatic N) is 1. The van der Waals surface area contributed by atoms with Gasteiger partial charge in [-0.3, -0.25) is 4.90 Å². The van der Waals surface area contributed by atoms with Crippen molar-refractivity contribution < 1.29 is 0 Å². The molecule has 0 amide bonds. The molecule has 0 aromatic rings. The van der Waals surface area contributed by atoms with Crippen LogP contribution in [0.25, 0.3) is 0 Å². The summed E-state index contributed by atoms with van der Waals surface area (Å²) in [6, 6.07) is 0.641. The van der Waals surface area contributed by atoms with Crippen molar-refractivity contribution >= 4 is 11.6 Å². The Bertz CT molecular complexity index is 306. The average molecular weight is 271 g/mol. The molecule has 0 aromatic carbocycles. The van der Waals surface area contributed by atoms with E-state index in [1.807, 2.05) is 0 Å². The Morgan fingerprint density at radius 2 is 2.11 bits per heavy atom. The van der Waals surface area contributed by atoms with Crippen LogP contribution < -0.4 is 5.32 Å². The molecule has 104 valence electrons. The average Bonchev–Trinajstić information content (AvgIpc) is 2.77. The molecule has 0 radical (unpaired) electrons. The molecule has 1 atom stereocenters. The minimum atomic E-state index is 0.401. The molecule has 2 fully saturated rings. The van der Waals surface area contributed by atoms with Crippen molar-refractivity contribution in [3.63, 3.8) is 0 Å². The second kappa shape index (κ2) is 5.94. The topological polar surface area (TPSA) is 15.3 Å². The third kappa shape index (κ3) is 3.09. The minimum Gasteiger partial charge on any atom is -0.308 e. The van der Waals surface area contributed by atoms with Gasteiger partial charge in [0.1, 0.15) is 0 Å². The Morgan fingerprint density at radius 1 is 1.44 bits per heavy atom. The number of piperazine rings is 1. The molecule has 2 rings (SSSR count). The zero-order valence-corrected chi connectivity index (χ0v) is 12.8. The van der Waals surface area contributed by atoms with Gasteiger partial charge in [0.25, 0.3) is 0 Å². The quantitative estimate of drug-likeness (QED) is 0.846. The van der Waals surface area contributed by atoms with Gasteiger partial charge in [0.05, 0.1) is 0 Å². The van der Waals surface area contributed by atoms with Gasteiger partial charge in [-0.2, -0.15) is 0 Å². The lowest BCUT2D eigenvalue weighted by Gasteiger charge is -2.48. The van der Waals surface area contributed by atoms with Crippen LogP contribution in [0.3, 0.4) is 0 Å². The lowest BCUT2D eigenvalue weighted by molar-refractivity contribution is 0.0651. The van der Waals surface area contributed by atoms with Gasteiger partial charge < -0.3 is 5.32 Å². The molecule has 3 heteroatoms. The predicted molar refractivity (Wildman–Crippen MR) is 79.0 cm³/mol. The zero-order valence-electron chi connectivity index (χ0n) is 12.0. The number of hydrogen-bond acceptors (Lipinski definition) is 2. The van der Waals surface area contributed by atoms with E-state index < -0.39 is 0 Å². The first-order valence-corrected chi connectivity index (χ1v) is 7.75. The summed E-state index contributed by atoms with van der Waals surface area (Å²) < 4.78 is 0. The van der Waals surface area contributed by atoms with Crippen LogP contribution in [0.15, 0.2) is 11.1 Å². The number of rotatable bonds is 3. The van der Waals surface area contributed by atoms with Gasteiger partial charge in [-0.25, -0.2) is 0 Å². The van der Waals surface area contributed by atoms with Crippen LogP contribution in [0.5, 0.6) is 0 Å². The van der Waals surface area contributed by atoms with Crippen LogP contribution in [0, 0.1) is 5.92 Å². The molecule has 1 spiro atoms. The number of hydrogen-bond donors (Lipinski definition) is 1. The van der Waals surface area contributed by atoms with E-state index in [0.29, 0.717) is 17.5 Å². The highest BCUT2D eigenvalue weighted by Crippen LogP contribution is 2.34. The summed E-state index contributed by atoms with van der Waals surface area (Å²) in [4.78, 5) is 2.65. The van der Waals surface area contributed by atoms with Gasteiger partial charge in [-0.1, -0.05) is 38.3 Å². The maximum Gasteiger partial charge on any atom is 0.0309 e. The van der Waals surface area contributed by atoms with Gasteiger partial charge in [-0.05, 0) is 31.3 Å². The first kappa shape index (κ1) is 14.4. The normalized spacial score (nSPS) is 29.4. The van der Waals surface area contributed by atoms with E-state index in [-0.39, 0.29) is 0 Å². The summed E-state index contributed by atoms with van der Waals surface area (Å²) in [7, 11) is 0. The van der Waals surface area contributed by atoms with E-state index in [4.69, 9.17) is 11.6 Å². The Balaban J connectivity index is 2.07. The molecular formula is C15H27ClN2. The summed E-state index contributed by atoms with van der Waals surface area (Å²) in [6.45, 7) is 10.1. The molecule has 0 bridgehead atoms. The van der Waals surface area contributed by atoms with Gasteiger partial charge in [0, 0.05) is 36.8 Å². The van der Waals surface area contributed by atoms with Crippen molar-refractivity contribution in [1.82, 2.24) is 10.2 Å². The minimum absolute atomic E-state index is 0.401. The fourth-order valence-electron chi connectivity index (χ4n) is 3.58. The van der Waals surface area contributed by atoms with Crippen molar-refractivity contribution in [2.24, 2.45) is 5.92 Å². The molecular weight excluding hydrogens is 244 g/mol. The van der Waals surface area contributed by atoms with Crippen molar-refractivity contribution in [2.45, 2.75) is 58.0 Å². The first-order valence-electron chi connectivity index (χ1n) is 7.31. The first-order chi connectivity index (χ1) is 8.56. The lowest BCUT2D eigenvalue weighted by atomic mass is 9.89. The SMILES string of the molecule is CC(=CCl)CN1CC2(CCCC2)NCC1C(C)C. The maximum absolute atomic E-state index is 5.85. The molecule has 1 aliphatic carbocycles. The van der Waals surface area contributed by atoms with Gasteiger partial charge in [-0.15, -0.1) is 0 Å². The van der Waals surface area contributed by atoms with Crippen LogP contribution >= 0.6 is 11.6 Å².